The van der Waals surface area contributed by atoms with Crippen molar-refractivity contribution in [1.82, 2.24) is 5.32 Å². The molecule has 0 spiro atoms. The van der Waals surface area contributed by atoms with Crippen LogP contribution in [0.5, 0.6) is 0 Å². The highest BCUT2D eigenvalue weighted by Gasteiger charge is 2.20. The quantitative estimate of drug-likeness (QED) is 0.828. The van der Waals surface area contributed by atoms with Gasteiger partial charge in [-0.2, -0.15) is 0 Å². The second-order valence-corrected chi connectivity index (χ2v) is 5.55. The van der Waals surface area contributed by atoms with E-state index in [-0.39, 0.29) is 6.10 Å². The van der Waals surface area contributed by atoms with Crippen LogP contribution in [0.3, 0.4) is 0 Å². The maximum absolute atomic E-state index is 9.50. The number of aliphatic hydroxyl groups excluding tert-OH is 1. The predicted octanol–water partition coefficient (Wildman–Crippen LogP) is 2.88. The monoisotopic (exact) mass is 239 g/mol. The molecule has 2 atom stereocenters. The topological polar surface area (TPSA) is 32.3 Å². The molecule has 0 aromatic carbocycles. The van der Waals surface area contributed by atoms with E-state index in [0.717, 1.165) is 19.4 Å². The third-order valence-electron chi connectivity index (χ3n) is 3.39. The van der Waals surface area contributed by atoms with Gasteiger partial charge in [-0.25, -0.2) is 0 Å². The van der Waals surface area contributed by atoms with Gasteiger partial charge in [0.15, 0.2) is 0 Å². The average Bonchev–Trinajstić information content (AvgIpc) is 2.77. The van der Waals surface area contributed by atoms with Gasteiger partial charge in [0.1, 0.15) is 0 Å². The zero-order valence-electron chi connectivity index (χ0n) is 9.91. The molecule has 2 nitrogen and oxygen atoms in total. The van der Waals surface area contributed by atoms with Crippen LogP contribution in [0.4, 0.5) is 0 Å². The van der Waals surface area contributed by atoms with Crippen LogP contribution in [-0.4, -0.2) is 17.8 Å². The van der Waals surface area contributed by atoms with Crippen LogP contribution in [0.25, 0.3) is 0 Å². The van der Waals surface area contributed by atoms with Gasteiger partial charge in [0.05, 0.1) is 6.10 Å². The lowest BCUT2D eigenvalue weighted by molar-refractivity contribution is 0.158. The fourth-order valence-electron chi connectivity index (χ4n) is 2.33. The molecule has 1 aliphatic carbocycles. The first kappa shape index (κ1) is 12.1. The lowest BCUT2D eigenvalue weighted by Gasteiger charge is -2.24. The Morgan fingerprint density at radius 1 is 1.62 bits per heavy atom. The van der Waals surface area contributed by atoms with Gasteiger partial charge in [0, 0.05) is 10.9 Å². The van der Waals surface area contributed by atoms with Gasteiger partial charge in [0.25, 0.3) is 0 Å². The average molecular weight is 239 g/mol. The summed E-state index contributed by atoms with van der Waals surface area (Å²) in [6.45, 7) is 2.96. The van der Waals surface area contributed by atoms with Crippen molar-refractivity contribution in [2.75, 3.05) is 6.54 Å². The highest BCUT2D eigenvalue weighted by molar-refractivity contribution is 7.10. The molecule has 0 fully saturated rings. The summed E-state index contributed by atoms with van der Waals surface area (Å²) in [5, 5.41) is 15.3. The summed E-state index contributed by atoms with van der Waals surface area (Å²) in [5.41, 5.74) is 1.50. The first-order valence-electron chi connectivity index (χ1n) is 6.29. The van der Waals surface area contributed by atoms with E-state index in [1.165, 1.54) is 24.8 Å². The SMILES string of the molecule is CCC(O)CCNC1CCCc2sccc21. The van der Waals surface area contributed by atoms with Crippen LogP contribution in [0, 0.1) is 0 Å². The summed E-state index contributed by atoms with van der Waals surface area (Å²) in [6.07, 6.45) is 5.37. The summed E-state index contributed by atoms with van der Waals surface area (Å²) >= 11 is 1.88. The molecular weight excluding hydrogens is 218 g/mol. The van der Waals surface area contributed by atoms with Crippen LogP contribution < -0.4 is 5.32 Å². The highest BCUT2D eigenvalue weighted by atomic mass is 32.1. The second-order valence-electron chi connectivity index (χ2n) is 4.55. The molecule has 16 heavy (non-hydrogen) atoms. The fourth-order valence-corrected chi connectivity index (χ4v) is 3.31. The van der Waals surface area contributed by atoms with Gasteiger partial charge < -0.3 is 10.4 Å². The van der Waals surface area contributed by atoms with E-state index < -0.39 is 0 Å². The van der Waals surface area contributed by atoms with Crippen molar-refractivity contribution in [2.45, 2.75) is 51.2 Å². The van der Waals surface area contributed by atoms with Crippen LogP contribution in [-0.2, 0) is 6.42 Å². The largest absolute Gasteiger partial charge is 0.393 e. The lowest BCUT2D eigenvalue weighted by Crippen LogP contribution is -2.27. The summed E-state index contributed by atoms with van der Waals surface area (Å²) in [4.78, 5) is 1.56. The molecule has 0 bridgehead atoms. The standard InChI is InChI=1S/C13H21NOS/c1-2-10(15)6-8-14-12-4-3-5-13-11(12)7-9-16-13/h7,9-10,12,14-15H,2-6,8H2,1H3. The number of hydrogen-bond donors (Lipinski definition) is 2. The third-order valence-corrected chi connectivity index (χ3v) is 4.39. The van der Waals surface area contributed by atoms with E-state index in [9.17, 15) is 5.11 Å². The minimum atomic E-state index is -0.141. The zero-order valence-corrected chi connectivity index (χ0v) is 10.7. The first-order valence-corrected chi connectivity index (χ1v) is 7.17. The van der Waals surface area contributed by atoms with E-state index in [0.29, 0.717) is 6.04 Å². The number of aryl methyl sites for hydroxylation is 1. The third kappa shape index (κ3) is 2.84. The van der Waals surface area contributed by atoms with Crippen LogP contribution in [0.15, 0.2) is 11.4 Å². The Bertz CT molecular complexity index is 323. The smallest absolute Gasteiger partial charge is 0.0549 e. The van der Waals surface area contributed by atoms with Gasteiger partial charge in [-0.1, -0.05) is 6.92 Å². The molecule has 3 heteroatoms. The molecule has 1 aromatic rings. The van der Waals surface area contributed by atoms with Gasteiger partial charge in [0.2, 0.25) is 0 Å². The number of thiophene rings is 1. The van der Waals surface area contributed by atoms with Crippen molar-refractivity contribution in [1.29, 1.82) is 0 Å². The normalized spacial score (nSPS) is 21.8. The fraction of sp³-hybridized carbons (Fsp3) is 0.692. The predicted molar refractivity (Wildman–Crippen MR) is 68.9 cm³/mol. The van der Waals surface area contributed by atoms with Crippen molar-refractivity contribution >= 4 is 11.3 Å². The van der Waals surface area contributed by atoms with Gasteiger partial charge in [-0.05, 0) is 55.7 Å². The van der Waals surface area contributed by atoms with Crippen LogP contribution in [0.1, 0.15) is 49.1 Å². The molecule has 2 rings (SSSR count). The molecule has 90 valence electrons. The summed E-state index contributed by atoms with van der Waals surface area (Å²) in [6, 6.07) is 2.78. The van der Waals surface area contributed by atoms with Gasteiger partial charge >= 0.3 is 0 Å². The van der Waals surface area contributed by atoms with Crippen molar-refractivity contribution in [3.63, 3.8) is 0 Å². The van der Waals surface area contributed by atoms with Crippen LogP contribution in [0.2, 0.25) is 0 Å². The maximum atomic E-state index is 9.50. The number of fused-ring (bicyclic) bond motifs is 1. The lowest BCUT2D eigenvalue weighted by atomic mass is 9.94. The van der Waals surface area contributed by atoms with Crippen molar-refractivity contribution < 1.29 is 5.11 Å². The van der Waals surface area contributed by atoms with E-state index in [2.05, 4.69) is 16.8 Å². The van der Waals surface area contributed by atoms with E-state index in [1.807, 2.05) is 18.3 Å². The minimum Gasteiger partial charge on any atom is -0.393 e. The number of aliphatic hydroxyl groups is 1. The molecular formula is C13H21NOS. The summed E-state index contributed by atoms with van der Waals surface area (Å²) in [5.74, 6) is 0. The Balaban J connectivity index is 1.83. The van der Waals surface area contributed by atoms with Crippen LogP contribution >= 0.6 is 11.3 Å². The Hall–Kier alpha value is -0.380. The highest BCUT2D eigenvalue weighted by Crippen LogP contribution is 2.33. The van der Waals surface area contributed by atoms with E-state index >= 15 is 0 Å². The Morgan fingerprint density at radius 2 is 2.50 bits per heavy atom. The molecule has 2 N–H and O–H groups in total. The van der Waals surface area contributed by atoms with E-state index in [1.54, 1.807) is 4.88 Å². The minimum absolute atomic E-state index is 0.141. The van der Waals surface area contributed by atoms with Crippen molar-refractivity contribution in [2.24, 2.45) is 0 Å². The Labute approximate surface area is 102 Å². The molecule has 1 heterocycles. The number of hydrogen-bond acceptors (Lipinski definition) is 3. The summed E-state index contributed by atoms with van der Waals surface area (Å²) in [7, 11) is 0. The molecule has 0 saturated carbocycles. The summed E-state index contributed by atoms with van der Waals surface area (Å²) < 4.78 is 0. The Morgan fingerprint density at radius 3 is 3.31 bits per heavy atom. The molecule has 0 radical (unpaired) electrons. The molecule has 1 aromatic heterocycles. The number of rotatable bonds is 5. The molecule has 0 aliphatic heterocycles. The van der Waals surface area contributed by atoms with Crippen molar-refractivity contribution in [3.8, 4) is 0 Å². The zero-order chi connectivity index (χ0) is 11.4. The van der Waals surface area contributed by atoms with Gasteiger partial charge in [-0.15, -0.1) is 11.3 Å². The van der Waals surface area contributed by atoms with Crippen molar-refractivity contribution in [3.05, 3.63) is 21.9 Å². The molecule has 0 saturated heterocycles. The maximum Gasteiger partial charge on any atom is 0.0549 e. The second kappa shape index (κ2) is 5.80. The molecule has 1 aliphatic rings. The van der Waals surface area contributed by atoms with E-state index in [4.69, 9.17) is 0 Å². The Kier molecular flexibility index (Phi) is 4.38. The van der Waals surface area contributed by atoms with Gasteiger partial charge in [-0.3, -0.25) is 0 Å². The molecule has 0 amide bonds. The number of nitrogens with one attached hydrogen (secondary N) is 1. The first-order chi connectivity index (χ1) is 7.81. The molecule has 2 unspecified atom stereocenters.